The second-order valence-electron chi connectivity index (χ2n) is 4.16. The lowest BCUT2D eigenvalue weighted by Gasteiger charge is -2.08. The molecule has 94 valence electrons. The fourth-order valence-electron chi connectivity index (χ4n) is 1.56. The van der Waals surface area contributed by atoms with Crippen LogP contribution in [0, 0.1) is 13.8 Å². The van der Waals surface area contributed by atoms with Gasteiger partial charge < -0.3 is 0 Å². The van der Waals surface area contributed by atoms with E-state index in [2.05, 4.69) is 37.0 Å². The summed E-state index contributed by atoms with van der Waals surface area (Å²) in [5.41, 5.74) is 3.55. The summed E-state index contributed by atoms with van der Waals surface area (Å²) in [5.74, 6) is 0.799. The number of hydrogen-bond donors (Lipinski definition) is 0. The average Bonchev–Trinajstić information content (AvgIpc) is 2.32. The highest BCUT2D eigenvalue weighted by atomic mass is 35.5. The minimum absolute atomic E-state index is 0.431. The van der Waals surface area contributed by atoms with Gasteiger partial charge in [0.15, 0.2) is 0 Å². The molecule has 0 bridgehead atoms. The molecule has 0 aliphatic rings. The van der Waals surface area contributed by atoms with Crippen LogP contribution in [0.1, 0.15) is 16.7 Å². The molecule has 18 heavy (non-hydrogen) atoms. The molecule has 0 aliphatic heterocycles. The van der Waals surface area contributed by atoms with E-state index in [1.807, 2.05) is 0 Å². The number of aromatic nitrogens is 1. The van der Waals surface area contributed by atoms with E-state index in [4.69, 9.17) is 23.2 Å². The van der Waals surface area contributed by atoms with Crippen LogP contribution in [0.15, 0.2) is 35.4 Å². The largest absolute Gasteiger partial charge is 0.244 e. The summed E-state index contributed by atoms with van der Waals surface area (Å²) >= 11 is 13.7. The molecule has 2 rings (SSSR count). The van der Waals surface area contributed by atoms with Crippen molar-refractivity contribution in [2.75, 3.05) is 0 Å². The Bertz CT molecular complexity index is 570. The van der Waals surface area contributed by atoms with E-state index in [-0.39, 0.29) is 0 Å². The van der Waals surface area contributed by atoms with Gasteiger partial charge in [0.2, 0.25) is 0 Å². The molecule has 0 saturated heterocycles. The molecule has 4 heteroatoms. The fourth-order valence-corrected chi connectivity index (χ4v) is 3.18. The Kier molecular flexibility index (Phi) is 4.55. The number of benzene rings is 1. The monoisotopic (exact) mass is 297 g/mol. The molecule has 0 atom stereocenters. The van der Waals surface area contributed by atoms with Gasteiger partial charge >= 0.3 is 0 Å². The van der Waals surface area contributed by atoms with Crippen molar-refractivity contribution < 1.29 is 0 Å². The van der Waals surface area contributed by atoms with E-state index in [0.717, 1.165) is 11.3 Å². The molecule has 0 unspecified atom stereocenters. The normalized spacial score (nSPS) is 10.7. The van der Waals surface area contributed by atoms with Crippen LogP contribution in [-0.4, -0.2) is 4.98 Å². The van der Waals surface area contributed by atoms with Crippen molar-refractivity contribution in [3.8, 4) is 0 Å². The highest BCUT2D eigenvalue weighted by molar-refractivity contribution is 7.98. The molecule has 1 heterocycles. The van der Waals surface area contributed by atoms with E-state index in [9.17, 15) is 0 Å². The Morgan fingerprint density at radius 2 is 1.94 bits per heavy atom. The van der Waals surface area contributed by atoms with Crippen LogP contribution in [-0.2, 0) is 5.75 Å². The highest BCUT2D eigenvalue weighted by Gasteiger charge is 2.05. The molecular formula is C14H13Cl2NS. The van der Waals surface area contributed by atoms with E-state index in [0.29, 0.717) is 10.2 Å². The van der Waals surface area contributed by atoms with E-state index >= 15 is 0 Å². The molecule has 0 radical (unpaired) electrons. The quantitative estimate of drug-likeness (QED) is 0.563. The van der Waals surface area contributed by atoms with Gasteiger partial charge in [-0.3, -0.25) is 0 Å². The van der Waals surface area contributed by atoms with E-state index in [1.54, 1.807) is 24.0 Å². The molecule has 1 aromatic carbocycles. The molecule has 2 aromatic rings. The Hall–Kier alpha value is -0.700. The second-order valence-corrected chi connectivity index (χ2v) is 5.97. The van der Waals surface area contributed by atoms with Crippen molar-refractivity contribution in [2.45, 2.75) is 24.5 Å². The van der Waals surface area contributed by atoms with Crippen LogP contribution < -0.4 is 0 Å². The smallest absolute Gasteiger partial charge is 0.130 e. The van der Waals surface area contributed by atoms with Crippen LogP contribution in [0.25, 0.3) is 0 Å². The van der Waals surface area contributed by atoms with Crippen molar-refractivity contribution in [1.82, 2.24) is 4.98 Å². The van der Waals surface area contributed by atoms with Gasteiger partial charge in [-0.1, -0.05) is 40.9 Å². The van der Waals surface area contributed by atoms with E-state index < -0.39 is 0 Å². The number of hydrogen-bond acceptors (Lipinski definition) is 2. The van der Waals surface area contributed by atoms with Crippen molar-refractivity contribution in [3.05, 3.63) is 57.3 Å². The standard InChI is InChI=1S/C14H13Cl2NS/c1-9-3-4-10(2)13(5-9)18-8-11-7-17-14(16)6-12(11)15/h3-7H,8H2,1-2H3. The van der Waals surface area contributed by atoms with Crippen molar-refractivity contribution in [1.29, 1.82) is 0 Å². The Morgan fingerprint density at radius 1 is 1.17 bits per heavy atom. The molecular weight excluding hydrogens is 285 g/mol. The third-order valence-electron chi connectivity index (χ3n) is 2.62. The Morgan fingerprint density at radius 3 is 2.67 bits per heavy atom. The number of pyridine rings is 1. The molecule has 1 aromatic heterocycles. The van der Waals surface area contributed by atoms with Crippen molar-refractivity contribution in [3.63, 3.8) is 0 Å². The number of rotatable bonds is 3. The summed E-state index contributed by atoms with van der Waals surface area (Å²) < 4.78 is 0. The zero-order valence-corrected chi connectivity index (χ0v) is 12.5. The van der Waals surface area contributed by atoms with Crippen LogP contribution in [0.2, 0.25) is 10.2 Å². The molecule has 0 fully saturated rings. The summed E-state index contributed by atoms with van der Waals surface area (Å²) in [6.07, 6.45) is 1.74. The van der Waals surface area contributed by atoms with Crippen LogP contribution >= 0.6 is 35.0 Å². The summed E-state index contributed by atoms with van der Waals surface area (Å²) in [6.45, 7) is 4.21. The van der Waals surface area contributed by atoms with Gasteiger partial charge in [-0.05, 0) is 37.1 Å². The first-order chi connectivity index (χ1) is 8.56. The lowest BCUT2D eigenvalue weighted by atomic mass is 10.2. The number of nitrogens with zero attached hydrogens (tertiary/aromatic N) is 1. The summed E-state index contributed by atoms with van der Waals surface area (Å²) in [5, 5.41) is 1.10. The number of halogens is 2. The van der Waals surface area contributed by atoms with Crippen molar-refractivity contribution in [2.24, 2.45) is 0 Å². The third-order valence-corrected chi connectivity index (χ3v) is 4.39. The van der Waals surface area contributed by atoms with Gasteiger partial charge in [-0.15, -0.1) is 11.8 Å². The maximum Gasteiger partial charge on any atom is 0.130 e. The lowest BCUT2D eigenvalue weighted by Crippen LogP contribution is -1.87. The molecule has 0 amide bonds. The van der Waals surface area contributed by atoms with Gasteiger partial charge in [0, 0.05) is 21.9 Å². The zero-order chi connectivity index (χ0) is 13.1. The lowest BCUT2D eigenvalue weighted by molar-refractivity contribution is 1.23. The topological polar surface area (TPSA) is 12.9 Å². The van der Waals surface area contributed by atoms with Gasteiger partial charge in [-0.25, -0.2) is 4.98 Å². The van der Waals surface area contributed by atoms with Gasteiger partial charge in [0.1, 0.15) is 5.15 Å². The van der Waals surface area contributed by atoms with Gasteiger partial charge in [-0.2, -0.15) is 0 Å². The number of thioether (sulfide) groups is 1. The predicted octanol–water partition coefficient (Wildman–Crippen LogP) is 5.30. The first-order valence-electron chi connectivity index (χ1n) is 5.56. The maximum absolute atomic E-state index is 6.13. The maximum atomic E-state index is 6.13. The minimum atomic E-state index is 0.431. The molecule has 0 aliphatic carbocycles. The van der Waals surface area contributed by atoms with Crippen LogP contribution in [0.3, 0.4) is 0 Å². The summed E-state index contributed by atoms with van der Waals surface area (Å²) in [6, 6.07) is 8.13. The highest BCUT2D eigenvalue weighted by Crippen LogP contribution is 2.29. The Balaban J connectivity index is 2.13. The SMILES string of the molecule is Cc1ccc(C)c(SCc2cnc(Cl)cc2Cl)c1. The molecule has 1 nitrogen and oxygen atoms in total. The van der Waals surface area contributed by atoms with Gasteiger partial charge in [0.25, 0.3) is 0 Å². The summed E-state index contributed by atoms with van der Waals surface area (Å²) in [7, 11) is 0. The van der Waals surface area contributed by atoms with Crippen LogP contribution in [0.5, 0.6) is 0 Å². The van der Waals surface area contributed by atoms with Crippen molar-refractivity contribution >= 4 is 35.0 Å². The second kappa shape index (κ2) is 5.96. The average molecular weight is 298 g/mol. The number of aryl methyl sites for hydroxylation is 2. The van der Waals surface area contributed by atoms with Crippen LogP contribution in [0.4, 0.5) is 0 Å². The van der Waals surface area contributed by atoms with E-state index in [1.165, 1.54) is 16.0 Å². The Labute approximate surface area is 122 Å². The third kappa shape index (κ3) is 3.41. The molecule has 0 spiro atoms. The first-order valence-corrected chi connectivity index (χ1v) is 7.30. The zero-order valence-electron chi connectivity index (χ0n) is 10.2. The summed E-state index contributed by atoms with van der Waals surface area (Å²) in [4.78, 5) is 5.34. The molecule has 0 saturated carbocycles. The first kappa shape index (κ1) is 13.7. The molecule has 0 N–H and O–H groups in total. The predicted molar refractivity (Wildman–Crippen MR) is 79.7 cm³/mol. The fraction of sp³-hybridized carbons (Fsp3) is 0.214. The van der Waals surface area contributed by atoms with Gasteiger partial charge in [0.05, 0.1) is 0 Å². The minimum Gasteiger partial charge on any atom is -0.244 e.